The number of fused-ring (bicyclic) bond motifs is 3. The third-order valence-corrected chi connectivity index (χ3v) is 9.26. The van der Waals surface area contributed by atoms with Crippen LogP contribution in [0.15, 0.2) is 101 Å². The van der Waals surface area contributed by atoms with Crippen molar-refractivity contribution >= 4 is 54.9 Å². The van der Waals surface area contributed by atoms with Crippen molar-refractivity contribution in [3.8, 4) is 22.3 Å². The first kappa shape index (κ1) is 25.8. The summed E-state index contributed by atoms with van der Waals surface area (Å²) < 4.78 is 28.8. The van der Waals surface area contributed by atoms with Gasteiger partial charge in [-0.15, -0.1) is 11.3 Å². The lowest BCUT2D eigenvalue weighted by atomic mass is 9.92. The number of hydrogen-bond donors (Lipinski definition) is 3. The number of H-pyrrole nitrogens is 1. The van der Waals surface area contributed by atoms with Gasteiger partial charge in [0.05, 0.1) is 0 Å². The fourth-order valence-electron chi connectivity index (χ4n) is 4.73. The number of nitrogens with zero attached hydrogens (tertiary/aromatic N) is 2. The van der Waals surface area contributed by atoms with E-state index < -0.39 is 10.0 Å². The topological polar surface area (TPSA) is 107 Å². The number of hydrazine groups is 1. The number of anilines is 1. The molecule has 0 aliphatic rings. The van der Waals surface area contributed by atoms with Crippen LogP contribution in [0.1, 0.15) is 10.4 Å². The van der Waals surface area contributed by atoms with Crippen LogP contribution in [-0.4, -0.2) is 43.4 Å². The Hall–Kier alpha value is -4.51. The van der Waals surface area contributed by atoms with E-state index in [0.29, 0.717) is 16.9 Å². The van der Waals surface area contributed by atoms with E-state index in [4.69, 9.17) is 4.98 Å². The van der Waals surface area contributed by atoms with E-state index in [1.54, 1.807) is 54.8 Å². The molecule has 0 bridgehead atoms. The summed E-state index contributed by atoms with van der Waals surface area (Å²) >= 11 is 1.17. The number of benzene rings is 3. The average molecular weight is 568 g/mol. The maximum atomic E-state index is 12.9. The van der Waals surface area contributed by atoms with Gasteiger partial charge < -0.3 is 4.98 Å². The summed E-state index contributed by atoms with van der Waals surface area (Å²) in [5.74, 6) is -0.192. The number of aromatic nitrogens is 2. The van der Waals surface area contributed by atoms with Gasteiger partial charge in [-0.25, -0.2) is 18.4 Å². The van der Waals surface area contributed by atoms with E-state index in [0.717, 1.165) is 38.5 Å². The molecule has 0 spiro atoms. The fraction of sp³-hybridized carbons (Fsp3) is 0.0667. The maximum Gasteiger partial charge on any atom is 0.271 e. The molecule has 6 aromatic rings. The third-order valence-electron chi connectivity index (χ3n) is 6.48. The standard InChI is InChI=1S/C30H25N5O3S2/c1-35(2)33-30(36)21-12-10-19(11-13-21)24-18-31-29-28(27(24)20-7-4-3-5-8-20)23-17-22(14-15-25(23)32-29)34-40(37,38)26-9-6-16-39-26/h3-18,34H,1-2H3,(H,31,32)(H,33,36). The zero-order valence-electron chi connectivity index (χ0n) is 21.7. The molecule has 40 heavy (non-hydrogen) atoms. The Morgan fingerprint density at radius 1 is 0.925 bits per heavy atom. The van der Waals surface area contributed by atoms with Gasteiger partial charge in [-0.3, -0.25) is 14.9 Å². The molecular formula is C30H25N5O3S2. The Morgan fingerprint density at radius 3 is 2.40 bits per heavy atom. The highest BCUT2D eigenvalue weighted by Gasteiger charge is 2.20. The predicted molar refractivity (Wildman–Crippen MR) is 161 cm³/mol. The van der Waals surface area contributed by atoms with Gasteiger partial charge in [0.2, 0.25) is 0 Å². The molecule has 0 saturated heterocycles. The van der Waals surface area contributed by atoms with Gasteiger partial charge in [0, 0.05) is 59.0 Å². The van der Waals surface area contributed by atoms with Gasteiger partial charge in [0.15, 0.2) is 0 Å². The Labute approximate surface area is 235 Å². The van der Waals surface area contributed by atoms with Crippen LogP contribution in [0.4, 0.5) is 5.69 Å². The van der Waals surface area contributed by atoms with Gasteiger partial charge in [-0.1, -0.05) is 48.5 Å². The van der Waals surface area contributed by atoms with Crippen molar-refractivity contribution in [2.75, 3.05) is 18.8 Å². The third kappa shape index (κ3) is 4.84. The zero-order valence-corrected chi connectivity index (χ0v) is 23.3. The number of hydrogen-bond acceptors (Lipinski definition) is 6. The summed E-state index contributed by atoms with van der Waals surface area (Å²) in [6.07, 6.45) is 1.83. The summed E-state index contributed by atoms with van der Waals surface area (Å²) in [6.45, 7) is 0. The fourth-order valence-corrected chi connectivity index (χ4v) is 6.78. The molecule has 10 heteroatoms. The molecule has 0 radical (unpaired) electrons. The van der Waals surface area contributed by atoms with E-state index in [9.17, 15) is 13.2 Å². The van der Waals surface area contributed by atoms with Gasteiger partial charge in [-0.05, 0) is 52.9 Å². The van der Waals surface area contributed by atoms with E-state index in [-0.39, 0.29) is 10.1 Å². The summed E-state index contributed by atoms with van der Waals surface area (Å²) in [5, 5.41) is 5.06. The highest BCUT2D eigenvalue weighted by Crippen LogP contribution is 2.41. The number of amides is 1. The molecule has 3 aromatic carbocycles. The number of carbonyl (C=O) groups is 1. The molecule has 3 heterocycles. The lowest BCUT2D eigenvalue weighted by Crippen LogP contribution is -2.36. The predicted octanol–water partition coefficient (Wildman–Crippen LogP) is 6.12. The SMILES string of the molecule is CN(C)NC(=O)c1ccc(-c2cnc3[nH]c4ccc(NS(=O)(=O)c5cccs5)cc4c3c2-c2ccccc2)cc1. The minimum absolute atomic E-state index is 0.192. The quantitative estimate of drug-likeness (QED) is 0.202. The van der Waals surface area contributed by atoms with E-state index in [1.165, 1.54) is 11.3 Å². The minimum atomic E-state index is -3.70. The Balaban J connectivity index is 1.52. The van der Waals surface area contributed by atoms with Crippen molar-refractivity contribution in [2.45, 2.75) is 4.21 Å². The van der Waals surface area contributed by atoms with Crippen molar-refractivity contribution in [2.24, 2.45) is 0 Å². The number of carbonyl (C=O) groups excluding carboxylic acids is 1. The van der Waals surface area contributed by atoms with Gasteiger partial charge in [0.25, 0.3) is 15.9 Å². The molecule has 1 amide bonds. The molecule has 0 aliphatic heterocycles. The van der Waals surface area contributed by atoms with Crippen molar-refractivity contribution < 1.29 is 13.2 Å². The summed E-state index contributed by atoms with van der Waals surface area (Å²) in [6, 6.07) is 26.1. The number of rotatable bonds is 7. The van der Waals surface area contributed by atoms with Gasteiger partial charge in [-0.2, -0.15) is 0 Å². The number of aromatic amines is 1. The van der Waals surface area contributed by atoms with Crippen LogP contribution in [0.2, 0.25) is 0 Å². The van der Waals surface area contributed by atoms with Crippen LogP contribution in [0.3, 0.4) is 0 Å². The highest BCUT2D eigenvalue weighted by atomic mass is 32.2. The molecule has 3 N–H and O–H groups in total. The van der Waals surface area contributed by atoms with E-state index >= 15 is 0 Å². The summed E-state index contributed by atoms with van der Waals surface area (Å²) in [7, 11) is -0.174. The van der Waals surface area contributed by atoms with Crippen LogP contribution in [0.25, 0.3) is 44.2 Å². The number of sulfonamides is 1. The second-order valence-corrected chi connectivity index (χ2v) is 12.3. The number of pyridine rings is 1. The molecule has 200 valence electrons. The summed E-state index contributed by atoms with van der Waals surface area (Å²) in [5.41, 5.74) is 9.04. The first-order valence-electron chi connectivity index (χ1n) is 12.4. The maximum absolute atomic E-state index is 12.9. The molecule has 0 unspecified atom stereocenters. The minimum Gasteiger partial charge on any atom is -0.339 e. The zero-order chi connectivity index (χ0) is 27.9. The van der Waals surface area contributed by atoms with Crippen molar-refractivity contribution in [3.05, 3.63) is 102 Å². The lowest BCUT2D eigenvalue weighted by Gasteiger charge is -2.14. The van der Waals surface area contributed by atoms with Crippen LogP contribution in [-0.2, 0) is 10.0 Å². The summed E-state index contributed by atoms with van der Waals surface area (Å²) in [4.78, 5) is 20.6. The Bertz CT molecular complexity index is 1950. The molecule has 0 fully saturated rings. The Kier molecular flexibility index (Phi) is 6.59. The molecular weight excluding hydrogens is 542 g/mol. The van der Waals surface area contributed by atoms with E-state index in [2.05, 4.69) is 15.1 Å². The first-order valence-corrected chi connectivity index (χ1v) is 14.8. The van der Waals surface area contributed by atoms with Crippen molar-refractivity contribution in [1.29, 1.82) is 0 Å². The molecule has 0 aliphatic carbocycles. The van der Waals surface area contributed by atoms with Gasteiger partial charge in [0.1, 0.15) is 9.86 Å². The Morgan fingerprint density at radius 2 is 1.70 bits per heavy atom. The monoisotopic (exact) mass is 567 g/mol. The largest absolute Gasteiger partial charge is 0.339 e. The molecule has 8 nitrogen and oxygen atoms in total. The second-order valence-electron chi connectivity index (χ2n) is 9.47. The van der Waals surface area contributed by atoms with Crippen LogP contribution >= 0.6 is 11.3 Å². The lowest BCUT2D eigenvalue weighted by molar-refractivity contribution is 0.0857. The number of thiophene rings is 1. The first-order chi connectivity index (χ1) is 19.3. The van der Waals surface area contributed by atoms with Crippen molar-refractivity contribution in [3.63, 3.8) is 0 Å². The second kappa shape index (κ2) is 10.2. The van der Waals surface area contributed by atoms with Crippen LogP contribution in [0, 0.1) is 0 Å². The van der Waals surface area contributed by atoms with Gasteiger partial charge >= 0.3 is 0 Å². The smallest absolute Gasteiger partial charge is 0.271 e. The molecule has 3 aromatic heterocycles. The average Bonchev–Trinajstić information content (AvgIpc) is 3.62. The van der Waals surface area contributed by atoms with E-state index in [1.807, 2.05) is 60.8 Å². The number of nitrogens with one attached hydrogen (secondary N) is 3. The molecule has 0 atom stereocenters. The normalized spacial score (nSPS) is 11.8. The highest BCUT2D eigenvalue weighted by molar-refractivity contribution is 7.94. The molecule has 0 saturated carbocycles. The molecule has 6 rings (SSSR count). The van der Waals surface area contributed by atoms with Crippen LogP contribution < -0.4 is 10.1 Å². The van der Waals surface area contributed by atoms with Crippen LogP contribution in [0.5, 0.6) is 0 Å². The van der Waals surface area contributed by atoms with Crippen molar-refractivity contribution in [1.82, 2.24) is 20.4 Å².